The van der Waals surface area contributed by atoms with Crippen LogP contribution in [-0.2, 0) is 29.0 Å². The Bertz CT molecular complexity index is 2300. The van der Waals surface area contributed by atoms with E-state index in [2.05, 4.69) is 50.9 Å². The van der Waals surface area contributed by atoms with Gasteiger partial charge < -0.3 is 24.3 Å². The molecule has 14 nitrogen and oxygen atoms in total. The molecule has 0 radical (unpaired) electrons. The minimum Gasteiger partial charge on any atom is -0.386 e. The summed E-state index contributed by atoms with van der Waals surface area (Å²) in [4.78, 5) is 18.0. The van der Waals surface area contributed by atoms with E-state index in [4.69, 9.17) is 30.8 Å². The fraction of sp³-hybridized carbons (Fsp3) is 0.686. The van der Waals surface area contributed by atoms with Crippen molar-refractivity contribution in [1.29, 1.82) is 0 Å². The summed E-state index contributed by atoms with van der Waals surface area (Å²) in [6.45, 7) is 16.2. The SMILES string of the molecule is C=C(C[C@@H]1N=C(c2ccc(Cl)cc2)c2c(sc(C)c2C)-n2c(C)nnc21)NCCOCCCCCCCCOC1CCN(S(=O)(=O)C2CCCC(OC)C2C2CCN3NCC(CC=O)C3C2)CC1. The third kappa shape index (κ3) is 11.8. The first-order valence-corrected chi connectivity index (χ1v) is 28.1. The number of sulfonamides is 1. The van der Waals surface area contributed by atoms with Gasteiger partial charge in [0.25, 0.3) is 0 Å². The van der Waals surface area contributed by atoms with E-state index < -0.39 is 15.3 Å². The average molecular weight is 996 g/mol. The molecule has 8 rings (SSSR count). The second-order valence-electron chi connectivity index (χ2n) is 19.8. The van der Waals surface area contributed by atoms with Crippen LogP contribution >= 0.6 is 22.9 Å². The lowest BCUT2D eigenvalue weighted by Crippen LogP contribution is -2.55. The highest BCUT2D eigenvalue weighted by atomic mass is 35.5. The predicted octanol–water partition coefficient (Wildman–Crippen LogP) is 8.45. The molecule has 0 bridgehead atoms. The highest BCUT2D eigenvalue weighted by Crippen LogP contribution is 2.45. The Labute approximate surface area is 414 Å². The molecular weight excluding hydrogens is 920 g/mol. The number of methoxy groups -OCH3 is 1. The van der Waals surface area contributed by atoms with Crippen molar-refractivity contribution >= 4 is 45.0 Å². The van der Waals surface area contributed by atoms with E-state index in [9.17, 15) is 13.2 Å². The maximum atomic E-state index is 14.4. The zero-order valence-electron chi connectivity index (χ0n) is 40.8. The van der Waals surface area contributed by atoms with Crippen molar-refractivity contribution in [2.75, 3.05) is 59.7 Å². The van der Waals surface area contributed by atoms with Crippen LogP contribution in [0.25, 0.3) is 5.00 Å². The number of aryl methyl sites for hydroxylation is 2. The summed E-state index contributed by atoms with van der Waals surface area (Å²) in [7, 11) is -1.74. The van der Waals surface area contributed by atoms with E-state index >= 15 is 0 Å². The molecule has 6 unspecified atom stereocenters. The van der Waals surface area contributed by atoms with Crippen molar-refractivity contribution in [2.24, 2.45) is 22.7 Å². The predicted molar refractivity (Wildman–Crippen MR) is 270 cm³/mol. The van der Waals surface area contributed by atoms with Crippen LogP contribution in [0.3, 0.4) is 0 Å². The molecule has 17 heteroatoms. The van der Waals surface area contributed by atoms with Crippen LogP contribution in [0, 0.1) is 38.5 Å². The second kappa shape index (κ2) is 23.9. The smallest absolute Gasteiger partial charge is 0.217 e. The summed E-state index contributed by atoms with van der Waals surface area (Å²) < 4.78 is 51.0. The van der Waals surface area contributed by atoms with Crippen molar-refractivity contribution in [3.8, 4) is 5.00 Å². The molecule has 0 amide bonds. The quantitative estimate of drug-likeness (QED) is 0.0696. The van der Waals surface area contributed by atoms with Gasteiger partial charge in [-0.2, -0.15) is 0 Å². The number of nitrogens with zero attached hydrogens (tertiary/aromatic N) is 6. The Morgan fingerprint density at radius 1 is 0.971 bits per heavy atom. The first-order chi connectivity index (χ1) is 33.0. The lowest BCUT2D eigenvalue weighted by molar-refractivity contribution is -0.108. The fourth-order valence-electron chi connectivity index (χ4n) is 11.7. The summed E-state index contributed by atoms with van der Waals surface area (Å²) in [6.07, 6.45) is 14.7. The third-order valence-corrected chi connectivity index (χ3v) is 19.3. The Kier molecular flexibility index (Phi) is 18.0. The normalized spacial score (nSPS) is 25.9. The number of hydrazine groups is 1. The number of hydrogen-bond donors (Lipinski definition) is 2. The number of carbonyl (C=O) groups is 1. The van der Waals surface area contributed by atoms with Crippen LogP contribution < -0.4 is 10.7 Å². The van der Waals surface area contributed by atoms with Gasteiger partial charge in [0.15, 0.2) is 5.82 Å². The molecule has 3 saturated heterocycles. The van der Waals surface area contributed by atoms with Crippen molar-refractivity contribution < 1.29 is 27.4 Å². The molecule has 2 aromatic heterocycles. The van der Waals surface area contributed by atoms with Gasteiger partial charge in [0, 0.05) is 105 Å². The Morgan fingerprint density at radius 3 is 2.47 bits per heavy atom. The van der Waals surface area contributed by atoms with Crippen LogP contribution in [0.5, 0.6) is 0 Å². The molecule has 7 atom stereocenters. The van der Waals surface area contributed by atoms with Gasteiger partial charge in [-0.05, 0) is 108 Å². The number of fused-ring (bicyclic) bond motifs is 4. The van der Waals surface area contributed by atoms with Crippen LogP contribution in [-0.4, -0.2) is 128 Å². The first kappa shape index (κ1) is 51.3. The number of halogens is 1. The summed E-state index contributed by atoms with van der Waals surface area (Å²) >= 11 is 8.03. The highest BCUT2D eigenvalue weighted by molar-refractivity contribution is 7.89. The molecule has 4 aliphatic heterocycles. The van der Waals surface area contributed by atoms with Crippen LogP contribution in [0.4, 0.5) is 0 Å². The Hall–Kier alpha value is -3.06. The fourth-order valence-corrected chi connectivity index (χ4v) is 15.4. The lowest BCUT2D eigenvalue weighted by Gasteiger charge is -2.47. The molecule has 374 valence electrons. The average Bonchev–Trinajstić information content (AvgIpc) is 3.99. The number of aliphatic imine (C=N–C) groups is 1. The number of rotatable bonds is 23. The number of thiophene rings is 1. The van der Waals surface area contributed by atoms with E-state index in [1.54, 1.807) is 22.8 Å². The number of carbonyl (C=O) groups excluding carboxylic acids is 1. The van der Waals surface area contributed by atoms with E-state index in [1.165, 1.54) is 23.3 Å². The maximum absolute atomic E-state index is 14.4. The lowest BCUT2D eigenvalue weighted by atomic mass is 9.71. The molecule has 1 aromatic carbocycles. The van der Waals surface area contributed by atoms with Gasteiger partial charge in [0.2, 0.25) is 10.0 Å². The molecular formula is C51H75ClN8O6S2. The summed E-state index contributed by atoms with van der Waals surface area (Å²) in [5.41, 5.74) is 8.66. The second-order valence-corrected chi connectivity index (χ2v) is 23.6. The van der Waals surface area contributed by atoms with Crippen molar-refractivity contribution in [3.63, 3.8) is 0 Å². The number of nitrogens with one attached hydrogen (secondary N) is 2. The van der Waals surface area contributed by atoms with Gasteiger partial charge in [-0.1, -0.05) is 56.0 Å². The van der Waals surface area contributed by atoms with Gasteiger partial charge in [-0.15, -0.1) is 21.5 Å². The molecule has 68 heavy (non-hydrogen) atoms. The number of aldehydes is 1. The number of benzene rings is 1. The third-order valence-electron chi connectivity index (χ3n) is 15.5. The van der Waals surface area contributed by atoms with E-state index in [0.717, 1.165) is 136 Å². The maximum Gasteiger partial charge on any atom is 0.217 e. The van der Waals surface area contributed by atoms with E-state index in [-0.39, 0.29) is 42.0 Å². The number of aromatic nitrogens is 3. The highest BCUT2D eigenvalue weighted by Gasteiger charge is 2.50. The summed E-state index contributed by atoms with van der Waals surface area (Å²) in [5, 5.41) is 16.2. The van der Waals surface area contributed by atoms with Gasteiger partial charge in [-0.3, -0.25) is 15.0 Å². The van der Waals surface area contributed by atoms with Gasteiger partial charge >= 0.3 is 0 Å². The molecule has 4 fully saturated rings. The van der Waals surface area contributed by atoms with Crippen molar-refractivity contribution in [3.05, 3.63) is 74.8 Å². The minimum absolute atomic E-state index is 0.0233. The largest absolute Gasteiger partial charge is 0.386 e. The number of ether oxygens (including phenoxy) is 3. The summed E-state index contributed by atoms with van der Waals surface area (Å²) in [6, 6.07) is 7.91. The molecule has 3 aromatic rings. The van der Waals surface area contributed by atoms with E-state index in [0.29, 0.717) is 50.5 Å². The first-order valence-electron chi connectivity index (χ1n) is 25.4. The molecule has 6 heterocycles. The van der Waals surface area contributed by atoms with E-state index in [1.807, 2.05) is 31.2 Å². The Morgan fingerprint density at radius 2 is 1.72 bits per heavy atom. The van der Waals surface area contributed by atoms with Crippen LogP contribution in [0.1, 0.15) is 136 Å². The molecule has 0 spiro atoms. The van der Waals surface area contributed by atoms with Crippen LogP contribution in [0.15, 0.2) is 41.5 Å². The van der Waals surface area contributed by atoms with Crippen molar-refractivity contribution in [1.82, 2.24) is 34.8 Å². The zero-order valence-corrected chi connectivity index (χ0v) is 43.2. The monoisotopic (exact) mass is 994 g/mol. The molecule has 1 aliphatic carbocycles. The molecule has 2 N–H and O–H groups in total. The Balaban J connectivity index is 0.690. The molecule has 1 saturated carbocycles. The van der Waals surface area contributed by atoms with Crippen molar-refractivity contribution in [2.45, 2.75) is 147 Å². The standard InChI is InChI=1S/C51H75ClN8O6S2/c1-34(31-43-50-57-56-37(4)60(50)51-47(35(2)36(3)67-51)49(55-43)38-15-17-41(52)18-16-38)53-23-30-65-28-10-8-6-7-9-11-29-66-42-20-24-58(25-21-42)68(62,63)46-14-12-13-45(64-5)48(46)39-19-26-59-44(32-39)40(22-27-61)33-54-59/h15-18,27,39-40,42-46,48,53-54H,1,6-14,19-26,28-33H2,2-5H3/t39?,40?,43-,44?,45?,46?,48?/m0/s1. The minimum atomic E-state index is -3.49. The zero-order chi connectivity index (χ0) is 47.8. The number of hydrogen-bond acceptors (Lipinski definition) is 13. The number of piperidine rings is 2. The van der Waals surface area contributed by atoms with Gasteiger partial charge in [0.05, 0.1) is 29.8 Å². The topological polar surface area (TPSA) is 153 Å². The van der Waals surface area contributed by atoms with Gasteiger partial charge in [-0.25, -0.2) is 17.7 Å². The number of unbranched alkanes of at least 4 members (excludes halogenated alkanes) is 5. The van der Waals surface area contributed by atoms with Crippen LogP contribution in [0.2, 0.25) is 5.02 Å². The van der Waals surface area contributed by atoms with Gasteiger partial charge in [0.1, 0.15) is 23.2 Å². The molecule has 5 aliphatic rings. The summed E-state index contributed by atoms with van der Waals surface area (Å²) in [5.74, 6) is 2.18.